The lowest BCUT2D eigenvalue weighted by atomic mass is 9.89. The van der Waals surface area contributed by atoms with Crippen LogP contribution >= 0.6 is 15.9 Å². The van der Waals surface area contributed by atoms with Crippen LogP contribution in [0.15, 0.2) is 0 Å². The van der Waals surface area contributed by atoms with Gasteiger partial charge in [0.05, 0.1) is 19.8 Å². The van der Waals surface area contributed by atoms with Gasteiger partial charge < -0.3 is 26.4 Å². The van der Waals surface area contributed by atoms with E-state index >= 15 is 0 Å². The van der Waals surface area contributed by atoms with Crippen LogP contribution in [0.2, 0.25) is 0 Å². The first-order valence-corrected chi connectivity index (χ1v) is 23.3. The molecule has 11 unspecified atom stereocenters. The fraction of sp³-hybridized carbons (Fsp3) is 1.00. The molecule has 0 rings (SSSR count). The molecule has 0 bridgehead atoms. The molecule has 0 aromatic rings. The quantitative estimate of drug-likeness (QED) is 0.0557. The summed E-state index contributed by atoms with van der Waals surface area (Å²) < 4.78 is 0. The first-order valence-electron chi connectivity index (χ1n) is 22.3. The van der Waals surface area contributed by atoms with Gasteiger partial charge in [-0.2, -0.15) is 0 Å². The number of aliphatic hydroxyl groups is 3. The topological polar surface area (TPSA) is 102 Å². The molecule has 53 heavy (non-hydrogen) atoms. The molecule has 0 radical (unpaired) electrons. The number of aliphatic hydroxyl groups excluding tert-OH is 3. The van der Waals surface area contributed by atoms with Crippen LogP contribution in [0.1, 0.15) is 176 Å². The van der Waals surface area contributed by atoms with Crippen LogP contribution < -0.4 is 11.1 Å². The van der Waals surface area contributed by atoms with Crippen molar-refractivity contribution in [3.8, 4) is 0 Å². The zero-order valence-corrected chi connectivity index (χ0v) is 40.8. The number of hydrogen-bond acceptors (Lipinski definition) is 6. The fourth-order valence-electron chi connectivity index (χ4n) is 6.25. The monoisotopic (exact) mass is 824 g/mol. The molecule has 0 amide bonds. The van der Waals surface area contributed by atoms with E-state index in [-0.39, 0.29) is 25.3 Å². The van der Waals surface area contributed by atoms with Crippen LogP contribution in [0.5, 0.6) is 0 Å². The molecule has 0 spiro atoms. The van der Waals surface area contributed by atoms with Gasteiger partial charge in [-0.25, -0.2) is 0 Å². The Balaban J connectivity index is -0.000000332. The standard InChI is InChI=1S/C20H43NO.C13H29NO.C7H15Br.C6H15NO/c1-9-16(5)18(7)12-21(13-19(8)17(6)10-2)20(14-22)11-15(3)4;1-6-11(4)12(5)8-14-13(9-15)7-10(2)3;1-4-6(3)7(8)5-2;1-5(2)3-6(7)4-8/h15-20,22H,9-14H2,1-8H3;10-15H,6-9H2,1-5H3;6-7H,4-5H2,1-3H3;5-6,8H,3-4,7H2,1-2H3. The molecule has 0 aromatic carbocycles. The minimum atomic E-state index is -0.0185. The maximum absolute atomic E-state index is 9.92. The second-order valence-electron chi connectivity index (χ2n) is 18.3. The van der Waals surface area contributed by atoms with Gasteiger partial charge in [0, 0.05) is 36.0 Å². The molecular formula is C46H102BrN3O3. The molecule has 6 N–H and O–H groups in total. The van der Waals surface area contributed by atoms with Crippen molar-refractivity contribution in [3.63, 3.8) is 0 Å². The predicted molar refractivity (Wildman–Crippen MR) is 243 cm³/mol. The van der Waals surface area contributed by atoms with E-state index in [9.17, 15) is 10.2 Å². The third kappa shape index (κ3) is 35.2. The maximum Gasteiger partial charge on any atom is 0.0586 e. The highest BCUT2D eigenvalue weighted by atomic mass is 79.9. The van der Waals surface area contributed by atoms with E-state index in [0.29, 0.717) is 48.2 Å². The van der Waals surface area contributed by atoms with E-state index in [4.69, 9.17) is 10.8 Å². The lowest BCUT2D eigenvalue weighted by Crippen LogP contribution is -2.45. The van der Waals surface area contributed by atoms with Gasteiger partial charge in [0.1, 0.15) is 0 Å². The molecule has 0 aliphatic carbocycles. The summed E-state index contributed by atoms with van der Waals surface area (Å²) in [5.41, 5.74) is 5.42. The lowest BCUT2D eigenvalue weighted by Gasteiger charge is -2.37. The van der Waals surface area contributed by atoms with Crippen molar-refractivity contribution in [1.29, 1.82) is 0 Å². The van der Waals surface area contributed by atoms with Crippen molar-refractivity contribution in [2.45, 2.75) is 199 Å². The van der Waals surface area contributed by atoms with Crippen molar-refractivity contribution < 1.29 is 15.3 Å². The molecule has 326 valence electrons. The normalized spacial score (nSPS) is 17.9. The van der Waals surface area contributed by atoms with Gasteiger partial charge in [-0.1, -0.05) is 166 Å². The summed E-state index contributed by atoms with van der Waals surface area (Å²) in [7, 11) is 0. The molecule has 6 nitrogen and oxygen atoms in total. The summed E-state index contributed by atoms with van der Waals surface area (Å²) in [4.78, 5) is 3.32. The molecule has 0 aromatic heterocycles. The summed E-state index contributed by atoms with van der Waals surface area (Å²) >= 11 is 3.60. The third-order valence-corrected chi connectivity index (χ3v) is 13.3. The van der Waals surface area contributed by atoms with Gasteiger partial charge >= 0.3 is 0 Å². The average molecular weight is 825 g/mol. The third-order valence-electron chi connectivity index (χ3n) is 11.7. The number of nitrogens with zero attached hydrogens (tertiary/aromatic N) is 1. The van der Waals surface area contributed by atoms with Crippen LogP contribution in [0.25, 0.3) is 0 Å². The van der Waals surface area contributed by atoms with Crippen molar-refractivity contribution in [3.05, 3.63) is 0 Å². The van der Waals surface area contributed by atoms with Crippen molar-refractivity contribution in [1.82, 2.24) is 10.2 Å². The SMILES string of the molecule is CC(C)CC(N)CO.CCC(C)C(Br)CC.CCC(C)C(C)CN(CC(C)C(C)CC)C(CO)CC(C)C.CCC(C)C(C)CNC(CO)CC(C)C. The maximum atomic E-state index is 9.92. The summed E-state index contributed by atoms with van der Waals surface area (Å²) in [6.45, 7) is 44.6. The highest BCUT2D eigenvalue weighted by Gasteiger charge is 2.25. The Morgan fingerprint density at radius 1 is 0.491 bits per heavy atom. The second-order valence-corrected chi connectivity index (χ2v) is 19.5. The number of halogens is 1. The predicted octanol–water partition coefficient (Wildman–Crippen LogP) is 11.3. The molecule has 0 aliphatic rings. The molecule has 0 saturated carbocycles. The van der Waals surface area contributed by atoms with Crippen LogP contribution in [0.3, 0.4) is 0 Å². The lowest BCUT2D eigenvalue weighted by molar-refractivity contribution is 0.0655. The van der Waals surface area contributed by atoms with Gasteiger partial charge in [0.15, 0.2) is 0 Å². The minimum Gasteiger partial charge on any atom is -0.395 e. The van der Waals surface area contributed by atoms with E-state index in [0.717, 1.165) is 67.4 Å². The Morgan fingerprint density at radius 3 is 1.15 bits per heavy atom. The van der Waals surface area contributed by atoms with Crippen LogP contribution in [0, 0.1) is 59.2 Å². The molecule has 0 aliphatic heterocycles. The van der Waals surface area contributed by atoms with E-state index in [1.165, 1.54) is 32.1 Å². The van der Waals surface area contributed by atoms with Gasteiger partial charge in [0.25, 0.3) is 0 Å². The van der Waals surface area contributed by atoms with Crippen LogP contribution in [-0.2, 0) is 0 Å². The Morgan fingerprint density at radius 2 is 0.887 bits per heavy atom. The smallest absolute Gasteiger partial charge is 0.0586 e. The summed E-state index contributed by atoms with van der Waals surface area (Å²) in [5.74, 6) is 7.04. The van der Waals surface area contributed by atoms with E-state index in [1.54, 1.807) is 0 Å². The van der Waals surface area contributed by atoms with Crippen molar-refractivity contribution in [2.75, 3.05) is 39.5 Å². The highest BCUT2D eigenvalue weighted by Crippen LogP contribution is 2.24. The van der Waals surface area contributed by atoms with E-state index in [1.807, 2.05) is 0 Å². The number of hydrogen-bond donors (Lipinski definition) is 5. The molecule has 0 saturated heterocycles. The molecule has 7 heteroatoms. The molecular weight excluding hydrogens is 722 g/mol. The number of alkyl halides is 1. The molecule has 11 atom stereocenters. The van der Waals surface area contributed by atoms with Crippen molar-refractivity contribution in [2.24, 2.45) is 64.9 Å². The Bertz CT molecular complexity index is 717. The van der Waals surface area contributed by atoms with Gasteiger partial charge in [-0.3, -0.25) is 4.90 Å². The first-order chi connectivity index (χ1) is 24.6. The Labute approximate surface area is 343 Å². The van der Waals surface area contributed by atoms with Crippen molar-refractivity contribution >= 4 is 15.9 Å². The Kier molecular flexibility index (Phi) is 42.7. The van der Waals surface area contributed by atoms with E-state index < -0.39 is 0 Å². The minimum absolute atomic E-state index is 0.0185. The fourth-order valence-corrected chi connectivity index (χ4v) is 6.62. The first kappa shape index (κ1) is 59.9. The largest absolute Gasteiger partial charge is 0.395 e. The van der Waals surface area contributed by atoms with E-state index in [2.05, 4.69) is 151 Å². The average Bonchev–Trinajstić information content (AvgIpc) is 3.13. The molecule has 0 fully saturated rings. The highest BCUT2D eigenvalue weighted by molar-refractivity contribution is 9.09. The van der Waals surface area contributed by atoms with Gasteiger partial charge in [0.2, 0.25) is 0 Å². The van der Waals surface area contributed by atoms with Crippen LogP contribution in [-0.4, -0.2) is 82.6 Å². The second kappa shape index (κ2) is 37.8. The van der Waals surface area contributed by atoms with Gasteiger partial charge in [-0.05, 0) is 91.4 Å². The summed E-state index contributed by atoms with van der Waals surface area (Å²) in [6, 6.07) is 0.574. The Hall–Kier alpha value is 0.240. The number of nitrogens with one attached hydrogen (secondary N) is 1. The molecule has 0 heterocycles. The van der Waals surface area contributed by atoms with Crippen LogP contribution in [0.4, 0.5) is 0 Å². The number of nitrogens with two attached hydrogens (primary N) is 1. The zero-order chi connectivity index (χ0) is 42.3. The summed E-state index contributed by atoms with van der Waals surface area (Å²) in [5, 5.41) is 31.1. The zero-order valence-electron chi connectivity index (χ0n) is 39.2. The number of rotatable bonds is 26. The van der Waals surface area contributed by atoms with Gasteiger partial charge in [-0.15, -0.1) is 0 Å². The summed E-state index contributed by atoms with van der Waals surface area (Å²) in [6.07, 6.45) is 9.31.